The summed E-state index contributed by atoms with van der Waals surface area (Å²) in [6.07, 6.45) is 1.24. The first kappa shape index (κ1) is 17.6. The molecule has 1 amide bonds. The van der Waals surface area contributed by atoms with Gasteiger partial charge >= 0.3 is 0 Å². The zero-order chi connectivity index (χ0) is 17.8. The predicted octanol–water partition coefficient (Wildman–Crippen LogP) is 2.14. The van der Waals surface area contributed by atoms with Crippen molar-refractivity contribution in [1.82, 2.24) is 19.9 Å². The van der Waals surface area contributed by atoms with Crippen LogP contribution in [0.5, 0.6) is 0 Å². The lowest BCUT2D eigenvalue weighted by Gasteiger charge is -2.34. The Kier molecular flexibility index (Phi) is 5.48. The molecule has 0 saturated carbocycles. The molecule has 1 aromatic heterocycles. The highest BCUT2D eigenvalue weighted by Gasteiger charge is 2.22. The standard InChI is InChI=1S/C19H26N4O2/c1-4-18-20-17(21-25-18)13-22-7-9-23(10-8-22)19(24)12-16-11-14(2)5-6-15(16)3/h5-6,11H,4,7-10,12-13H2,1-3H3. The van der Waals surface area contributed by atoms with E-state index in [-0.39, 0.29) is 5.91 Å². The first-order valence-corrected chi connectivity index (χ1v) is 8.93. The van der Waals surface area contributed by atoms with Crippen LogP contribution in [0, 0.1) is 13.8 Å². The molecule has 0 atom stereocenters. The summed E-state index contributed by atoms with van der Waals surface area (Å²) in [5, 5.41) is 4.00. The molecule has 1 fully saturated rings. The van der Waals surface area contributed by atoms with Crippen molar-refractivity contribution in [3.63, 3.8) is 0 Å². The van der Waals surface area contributed by atoms with E-state index >= 15 is 0 Å². The Morgan fingerprint density at radius 3 is 2.64 bits per heavy atom. The van der Waals surface area contributed by atoms with Crippen LogP contribution in [-0.2, 0) is 24.2 Å². The number of nitrogens with zero attached hydrogens (tertiary/aromatic N) is 4. The van der Waals surface area contributed by atoms with E-state index in [1.54, 1.807) is 0 Å². The Balaban J connectivity index is 1.51. The van der Waals surface area contributed by atoms with E-state index in [9.17, 15) is 4.79 Å². The van der Waals surface area contributed by atoms with Crippen molar-refractivity contribution in [2.75, 3.05) is 26.2 Å². The highest BCUT2D eigenvalue weighted by molar-refractivity contribution is 5.79. The molecule has 6 heteroatoms. The second-order valence-electron chi connectivity index (χ2n) is 6.72. The van der Waals surface area contributed by atoms with Gasteiger partial charge in [0.05, 0.1) is 13.0 Å². The van der Waals surface area contributed by atoms with Gasteiger partial charge in [-0.1, -0.05) is 35.8 Å². The third kappa shape index (κ3) is 4.45. The Hall–Kier alpha value is -2.21. The molecule has 0 radical (unpaired) electrons. The number of amides is 1. The maximum absolute atomic E-state index is 12.6. The molecule has 1 aromatic carbocycles. The van der Waals surface area contributed by atoms with Gasteiger partial charge in [0.15, 0.2) is 5.82 Å². The molecular formula is C19H26N4O2. The summed E-state index contributed by atoms with van der Waals surface area (Å²) in [7, 11) is 0. The second kappa shape index (κ2) is 7.78. The normalized spacial score (nSPS) is 15.6. The van der Waals surface area contributed by atoms with Crippen molar-refractivity contribution in [3.05, 3.63) is 46.6 Å². The minimum absolute atomic E-state index is 0.209. The molecule has 0 spiro atoms. The van der Waals surface area contributed by atoms with E-state index in [4.69, 9.17) is 4.52 Å². The Labute approximate surface area is 148 Å². The average molecular weight is 342 g/mol. The van der Waals surface area contributed by atoms with E-state index in [0.717, 1.165) is 44.0 Å². The molecule has 0 unspecified atom stereocenters. The largest absolute Gasteiger partial charge is 0.340 e. The van der Waals surface area contributed by atoms with Crippen LogP contribution in [0.4, 0.5) is 0 Å². The van der Waals surface area contributed by atoms with Crippen LogP contribution in [0.15, 0.2) is 22.7 Å². The lowest BCUT2D eigenvalue weighted by Crippen LogP contribution is -2.48. The second-order valence-corrected chi connectivity index (χ2v) is 6.72. The number of hydrogen-bond donors (Lipinski definition) is 0. The van der Waals surface area contributed by atoms with Crippen LogP contribution in [0.2, 0.25) is 0 Å². The first-order chi connectivity index (χ1) is 12.0. The number of piperazine rings is 1. The highest BCUT2D eigenvalue weighted by Crippen LogP contribution is 2.14. The van der Waals surface area contributed by atoms with E-state index < -0.39 is 0 Å². The number of hydrogen-bond acceptors (Lipinski definition) is 5. The highest BCUT2D eigenvalue weighted by atomic mass is 16.5. The number of aromatic nitrogens is 2. The van der Waals surface area contributed by atoms with Gasteiger partial charge in [-0.25, -0.2) is 0 Å². The van der Waals surface area contributed by atoms with Gasteiger partial charge in [-0.2, -0.15) is 4.98 Å². The molecule has 0 bridgehead atoms. The molecule has 2 heterocycles. The van der Waals surface area contributed by atoms with Gasteiger partial charge in [0.2, 0.25) is 11.8 Å². The number of rotatable bonds is 5. The Morgan fingerprint density at radius 2 is 1.96 bits per heavy atom. The molecule has 0 aliphatic carbocycles. The van der Waals surface area contributed by atoms with Gasteiger partial charge in [0.1, 0.15) is 0 Å². The van der Waals surface area contributed by atoms with Gasteiger partial charge < -0.3 is 9.42 Å². The lowest BCUT2D eigenvalue weighted by molar-refractivity contribution is -0.132. The summed E-state index contributed by atoms with van der Waals surface area (Å²) in [6, 6.07) is 6.29. The number of carbonyl (C=O) groups excluding carboxylic acids is 1. The molecule has 25 heavy (non-hydrogen) atoms. The minimum Gasteiger partial charge on any atom is -0.340 e. The molecule has 6 nitrogen and oxygen atoms in total. The van der Waals surface area contributed by atoms with Crippen molar-refractivity contribution in [3.8, 4) is 0 Å². The van der Waals surface area contributed by atoms with Crippen molar-refractivity contribution in [2.24, 2.45) is 0 Å². The molecule has 3 rings (SSSR count). The summed E-state index contributed by atoms with van der Waals surface area (Å²) in [5.41, 5.74) is 3.51. The zero-order valence-corrected chi connectivity index (χ0v) is 15.3. The maximum Gasteiger partial charge on any atom is 0.227 e. The topological polar surface area (TPSA) is 62.5 Å². The minimum atomic E-state index is 0.209. The summed E-state index contributed by atoms with van der Waals surface area (Å²) < 4.78 is 5.15. The predicted molar refractivity (Wildman–Crippen MR) is 95.2 cm³/mol. The van der Waals surface area contributed by atoms with Crippen molar-refractivity contribution < 1.29 is 9.32 Å². The third-order valence-electron chi connectivity index (χ3n) is 4.75. The fourth-order valence-electron chi connectivity index (χ4n) is 3.12. The molecule has 2 aromatic rings. The van der Waals surface area contributed by atoms with Gasteiger partial charge in [0.25, 0.3) is 0 Å². The van der Waals surface area contributed by atoms with E-state index in [1.807, 2.05) is 11.8 Å². The van der Waals surface area contributed by atoms with Crippen molar-refractivity contribution >= 4 is 5.91 Å². The molecule has 1 aliphatic heterocycles. The molecule has 1 aliphatic rings. The van der Waals surface area contributed by atoms with Crippen LogP contribution in [-0.4, -0.2) is 52.0 Å². The fourth-order valence-corrected chi connectivity index (χ4v) is 3.12. The first-order valence-electron chi connectivity index (χ1n) is 8.93. The smallest absolute Gasteiger partial charge is 0.227 e. The number of aryl methyl sites for hydroxylation is 3. The number of benzene rings is 1. The quantitative estimate of drug-likeness (QED) is 0.833. The summed E-state index contributed by atoms with van der Waals surface area (Å²) >= 11 is 0. The van der Waals surface area contributed by atoms with Crippen molar-refractivity contribution in [2.45, 2.75) is 40.2 Å². The van der Waals surface area contributed by atoms with Crippen LogP contribution < -0.4 is 0 Å². The van der Waals surface area contributed by atoms with Gasteiger partial charge in [-0.3, -0.25) is 9.69 Å². The van der Waals surface area contributed by atoms with Gasteiger partial charge in [0, 0.05) is 32.6 Å². The van der Waals surface area contributed by atoms with Crippen LogP contribution in [0.25, 0.3) is 0 Å². The zero-order valence-electron chi connectivity index (χ0n) is 15.3. The molecular weight excluding hydrogens is 316 g/mol. The SMILES string of the molecule is CCc1nc(CN2CCN(C(=O)Cc3cc(C)ccc3C)CC2)no1. The summed E-state index contributed by atoms with van der Waals surface area (Å²) in [5.74, 6) is 1.62. The van der Waals surface area contributed by atoms with Crippen LogP contribution >= 0.6 is 0 Å². The third-order valence-corrected chi connectivity index (χ3v) is 4.75. The van der Waals surface area contributed by atoms with E-state index in [0.29, 0.717) is 18.9 Å². The van der Waals surface area contributed by atoms with E-state index in [2.05, 4.69) is 47.1 Å². The van der Waals surface area contributed by atoms with Gasteiger partial charge in [-0.05, 0) is 25.0 Å². The molecule has 1 saturated heterocycles. The Morgan fingerprint density at radius 1 is 1.20 bits per heavy atom. The van der Waals surface area contributed by atoms with E-state index in [1.165, 1.54) is 11.1 Å². The maximum atomic E-state index is 12.6. The molecule has 0 N–H and O–H groups in total. The van der Waals surface area contributed by atoms with Crippen molar-refractivity contribution in [1.29, 1.82) is 0 Å². The Bertz CT molecular complexity index is 733. The number of carbonyl (C=O) groups is 1. The monoisotopic (exact) mass is 342 g/mol. The fraction of sp³-hybridized carbons (Fsp3) is 0.526. The van der Waals surface area contributed by atoms with Crippen LogP contribution in [0.1, 0.15) is 35.3 Å². The molecule has 134 valence electrons. The average Bonchev–Trinajstić information content (AvgIpc) is 3.06. The summed E-state index contributed by atoms with van der Waals surface area (Å²) in [6.45, 7) is 10.00. The van der Waals surface area contributed by atoms with Gasteiger partial charge in [-0.15, -0.1) is 0 Å². The summed E-state index contributed by atoms with van der Waals surface area (Å²) in [4.78, 5) is 21.2. The lowest BCUT2D eigenvalue weighted by atomic mass is 10.0. The van der Waals surface area contributed by atoms with Crippen LogP contribution in [0.3, 0.4) is 0 Å².